The average Bonchev–Trinajstić information content (AvgIpc) is 2.76. The van der Waals surface area contributed by atoms with E-state index in [9.17, 15) is 0 Å². The van der Waals surface area contributed by atoms with Crippen LogP contribution in [0.1, 0.15) is 116 Å². The summed E-state index contributed by atoms with van der Waals surface area (Å²) >= 11 is 0. The van der Waals surface area contributed by atoms with Crippen LogP contribution < -0.4 is 0 Å². The van der Waals surface area contributed by atoms with Gasteiger partial charge in [-0.25, -0.2) is 0 Å². The second-order valence-electron chi connectivity index (χ2n) is 9.73. The lowest BCUT2D eigenvalue weighted by atomic mass is 9.71. The Morgan fingerprint density at radius 1 is 0.630 bits per heavy atom. The fourth-order valence-electron chi connectivity index (χ4n) is 6.08. The van der Waals surface area contributed by atoms with Gasteiger partial charge in [0, 0.05) is 7.11 Å². The topological polar surface area (TPSA) is 20.2 Å². The fourth-order valence-corrected chi connectivity index (χ4v) is 6.08. The van der Waals surface area contributed by atoms with Crippen molar-refractivity contribution in [2.45, 2.75) is 116 Å². The van der Waals surface area contributed by atoms with Gasteiger partial charge in [-0.1, -0.05) is 76.9 Å². The van der Waals surface area contributed by atoms with E-state index in [-0.39, 0.29) is 0 Å². The molecule has 3 aliphatic carbocycles. The van der Waals surface area contributed by atoms with Gasteiger partial charge in [0.15, 0.2) is 0 Å². The van der Waals surface area contributed by atoms with Gasteiger partial charge in [-0.15, -0.1) is 0 Å². The highest BCUT2D eigenvalue weighted by molar-refractivity contribution is 4.96. The fraction of sp³-hybridized carbons (Fsp3) is 0.923. The predicted molar refractivity (Wildman–Crippen MR) is 119 cm³/mol. The molecule has 0 heterocycles. The van der Waals surface area contributed by atoms with Crippen LogP contribution >= 0.6 is 0 Å². The summed E-state index contributed by atoms with van der Waals surface area (Å²) in [7, 11) is 1.00. The maximum Gasteiger partial charge on any atom is 0.0319 e. The summed E-state index contributed by atoms with van der Waals surface area (Å²) in [5.74, 6) is 5.08. The van der Waals surface area contributed by atoms with Crippen molar-refractivity contribution in [2.24, 2.45) is 29.6 Å². The molecule has 0 aliphatic heterocycles. The van der Waals surface area contributed by atoms with E-state index in [1.807, 2.05) is 0 Å². The van der Waals surface area contributed by atoms with Crippen molar-refractivity contribution in [1.82, 2.24) is 0 Å². The number of aliphatic hydroxyl groups excluding tert-OH is 1. The van der Waals surface area contributed by atoms with Gasteiger partial charge >= 0.3 is 0 Å². The Balaban J connectivity index is 0.00000126. The van der Waals surface area contributed by atoms with Crippen LogP contribution in [0.3, 0.4) is 0 Å². The standard InChI is InChI=1S/C25H44.CH4O/c1-2-3-5-8-21-11-13-22(14-12-21)15-16-23-17-19-25(20-18-23)24-9-6-4-7-10-24;1-2/h15-16,21-25H,2-14,17-20H2,1H3;2H,1H3. The van der Waals surface area contributed by atoms with E-state index in [2.05, 4.69) is 19.1 Å². The molecule has 3 rings (SSSR count). The summed E-state index contributed by atoms with van der Waals surface area (Å²) in [5, 5.41) is 7.00. The molecule has 0 aromatic heterocycles. The van der Waals surface area contributed by atoms with Crippen molar-refractivity contribution in [3.8, 4) is 0 Å². The lowest BCUT2D eigenvalue weighted by Crippen LogP contribution is -2.23. The number of unbranched alkanes of at least 4 members (excludes halogenated alkanes) is 2. The minimum absolute atomic E-state index is 0.915. The molecule has 0 atom stereocenters. The van der Waals surface area contributed by atoms with Gasteiger partial charge in [0.2, 0.25) is 0 Å². The number of rotatable bonds is 7. The van der Waals surface area contributed by atoms with Gasteiger partial charge in [0.05, 0.1) is 0 Å². The van der Waals surface area contributed by atoms with E-state index in [4.69, 9.17) is 5.11 Å². The molecule has 1 heteroatoms. The largest absolute Gasteiger partial charge is 0.400 e. The molecule has 0 radical (unpaired) electrons. The highest BCUT2D eigenvalue weighted by atomic mass is 16.2. The Kier molecular flexibility index (Phi) is 11.8. The summed E-state index contributed by atoms with van der Waals surface area (Å²) in [5.41, 5.74) is 0. The summed E-state index contributed by atoms with van der Waals surface area (Å²) in [6.45, 7) is 2.32. The molecule has 0 aromatic rings. The van der Waals surface area contributed by atoms with Crippen LogP contribution in [0.4, 0.5) is 0 Å². The van der Waals surface area contributed by atoms with Crippen molar-refractivity contribution in [3.05, 3.63) is 12.2 Å². The Morgan fingerprint density at radius 2 is 1.15 bits per heavy atom. The molecule has 1 N–H and O–H groups in total. The Hall–Kier alpha value is -0.300. The van der Waals surface area contributed by atoms with Crippen LogP contribution in [0.5, 0.6) is 0 Å². The number of hydrogen-bond donors (Lipinski definition) is 1. The highest BCUT2D eigenvalue weighted by Crippen LogP contribution is 2.40. The number of aliphatic hydroxyl groups is 1. The molecular formula is C26H48O. The van der Waals surface area contributed by atoms with E-state index in [0.717, 1.165) is 36.7 Å². The Bertz CT molecular complexity index is 366. The first-order valence-corrected chi connectivity index (χ1v) is 12.5. The first-order valence-electron chi connectivity index (χ1n) is 12.5. The quantitative estimate of drug-likeness (QED) is 0.353. The number of allylic oxidation sites excluding steroid dienone is 2. The normalized spacial score (nSPS) is 32.9. The van der Waals surface area contributed by atoms with E-state index >= 15 is 0 Å². The third kappa shape index (κ3) is 8.30. The zero-order valence-corrected chi connectivity index (χ0v) is 18.5. The third-order valence-corrected chi connectivity index (χ3v) is 7.90. The van der Waals surface area contributed by atoms with Crippen molar-refractivity contribution in [3.63, 3.8) is 0 Å². The van der Waals surface area contributed by atoms with Gasteiger partial charge in [-0.3, -0.25) is 0 Å². The van der Waals surface area contributed by atoms with Crippen LogP contribution in [0, 0.1) is 29.6 Å². The Labute approximate surface area is 170 Å². The molecule has 1 nitrogen and oxygen atoms in total. The van der Waals surface area contributed by atoms with Crippen molar-refractivity contribution in [1.29, 1.82) is 0 Å². The molecular weight excluding hydrogens is 328 g/mol. The second kappa shape index (κ2) is 13.8. The molecule has 27 heavy (non-hydrogen) atoms. The summed E-state index contributed by atoms with van der Waals surface area (Å²) in [4.78, 5) is 0. The van der Waals surface area contributed by atoms with Crippen LogP contribution in [-0.4, -0.2) is 12.2 Å². The summed E-state index contributed by atoms with van der Waals surface area (Å²) in [6.07, 6.45) is 30.8. The maximum atomic E-state index is 7.00. The molecule has 3 aliphatic rings. The van der Waals surface area contributed by atoms with Crippen molar-refractivity contribution < 1.29 is 5.11 Å². The zero-order chi connectivity index (χ0) is 19.3. The van der Waals surface area contributed by atoms with Crippen molar-refractivity contribution >= 4 is 0 Å². The smallest absolute Gasteiger partial charge is 0.0319 e. The second-order valence-corrected chi connectivity index (χ2v) is 9.73. The van der Waals surface area contributed by atoms with Gasteiger partial charge in [0.1, 0.15) is 0 Å². The first kappa shape index (κ1) is 23.0. The molecule has 0 amide bonds. The van der Waals surface area contributed by atoms with Crippen LogP contribution in [0.25, 0.3) is 0 Å². The third-order valence-electron chi connectivity index (χ3n) is 7.90. The van der Waals surface area contributed by atoms with Gasteiger partial charge in [-0.05, 0) is 81.0 Å². The molecule has 3 saturated carbocycles. The van der Waals surface area contributed by atoms with Crippen LogP contribution in [0.15, 0.2) is 12.2 Å². The Morgan fingerprint density at radius 3 is 1.70 bits per heavy atom. The molecule has 0 spiro atoms. The van der Waals surface area contributed by atoms with Gasteiger partial charge in [0.25, 0.3) is 0 Å². The maximum absolute atomic E-state index is 7.00. The molecule has 3 fully saturated rings. The zero-order valence-electron chi connectivity index (χ0n) is 18.5. The van der Waals surface area contributed by atoms with Crippen molar-refractivity contribution in [2.75, 3.05) is 7.11 Å². The van der Waals surface area contributed by atoms with Gasteiger partial charge < -0.3 is 5.11 Å². The van der Waals surface area contributed by atoms with Crippen LogP contribution in [0.2, 0.25) is 0 Å². The summed E-state index contributed by atoms with van der Waals surface area (Å²) < 4.78 is 0. The lowest BCUT2D eigenvalue weighted by molar-refractivity contribution is 0.179. The van der Waals surface area contributed by atoms with E-state index in [0.29, 0.717) is 0 Å². The molecule has 0 aromatic carbocycles. The molecule has 0 bridgehead atoms. The van der Waals surface area contributed by atoms with Crippen LogP contribution in [-0.2, 0) is 0 Å². The molecule has 0 saturated heterocycles. The van der Waals surface area contributed by atoms with E-state index < -0.39 is 0 Å². The SMILES string of the molecule is CCCCCC1CCC(C=CC2CCC(C3CCCCC3)CC2)CC1.CO. The van der Waals surface area contributed by atoms with E-state index in [1.54, 1.807) is 12.8 Å². The molecule has 0 unspecified atom stereocenters. The highest BCUT2D eigenvalue weighted by Gasteiger charge is 2.28. The van der Waals surface area contributed by atoms with Gasteiger partial charge in [-0.2, -0.15) is 0 Å². The van der Waals surface area contributed by atoms with E-state index in [1.165, 1.54) is 96.3 Å². The summed E-state index contributed by atoms with van der Waals surface area (Å²) in [6, 6.07) is 0. The average molecular weight is 377 g/mol. The number of hydrogen-bond acceptors (Lipinski definition) is 1. The minimum Gasteiger partial charge on any atom is -0.400 e. The monoisotopic (exact) mass is 376 g/mol. The first-order chi connectivity index (χ1) is 13.3. The minimum atomic E-state index is 0.915. The predicted octanol–water partition coefficient (Wildman–Crippen LogP) is 7.92. The lowest BCUT2D eigenvalue weighted by Gasteiger charge is -2.35. The molecule has 158 valence electrons.